The molecular formula is C25H25ClN4O4. The number of hydrogen-bond donors (Lipinski definition) is 2. The second kappa shape index (κ2) is 9.61. The van der Waals surface area contributed by atoms with Crippen LogP contribution in [-0.2, 0) is 9.53 Å². The second-order valence-electron chi connectivity index (χ2n) is 8.09. The van der Waals surface area contributed by atoms with E-state index in [1.807, 2.05) is 36.4 Å². The van der Waals surface area contributed by atoms with Crippen molar-refractivity contribution in [3.8, 4) is 22.7 Å². The van der Waals surface area contributed by atoms with Gasteiger partial charge in [-0.25, -0.2) is 14.3 Å². The minimum atomic E-state index is -0.784. The van der Waals surface area contributed by atoms with Crippen LogP contribution in [0.1, 0.15) is 32.4 Å². The maximum atomic E-state index is 13.0. The first-order valence-electron chi connectivity index (χ1n) is 10.8. The van der Waals surface area contributed by atoms with E-state index in [2.05, 4.69) is 10.6 Å². The van der Waals surface area contributed by atoms with Crippen molar-refractivity contribution in [3.63, 3.8) is 0 Å². The number of benzene rings is 2. The fourth-order valence-electron chi connectivity index (χ4n) is 3.82. The molecule has 0 unspecified atom stereocenters. The van der Waals surface area contributed by atoms with Gasteiger partial charge in [0.15, 0.2) is 0 Å². The van der Waals surface area contributed by atoms with Crippen molar-refractivity contribution in [2.24, 2.45) is 0 Å². The van der Waals surface area contributed by atoms with E-state index in [1.165, 1.54) is 0 Å². The number of urea groups is 1. The zero-order valence-corrected chi connectivity index (χ0v) is 20.0. The number of ether oxygens (including phenoxy) is 2. The smallest absolute Gasteiger partial charge is 0.338 e. The molecule has 1 aliphatic heterocycles. The third-order valence-corrected chi connectivity index (χ3v) is 5.63. The summed E-state index contributed by atoms with van der Waals surface area (Å²) >= 11 is 6.40. The second-order valence-corrected chi connectivity index (χ2v) is 8.49. The van der Waals surface area contributed by atoms with Crippen molar-refractivity contribution >= 4 is 23.6 Å². The Labute approximate surface area is 202 Å². The van der Waals surface area contributed by atoms with Gasteiger partial charge in [0, 0.05) is 23.0 Å². The lowest BCUT2D eigenvalue weighted by Gasteiger charge is -2.28. The van der Waals surface area contributed by atoms with Crippen molar-refractivity contribution in [2.45, 2.75) is 32.9 Å². The van der Waals surface area contributed by atoms with E-state index in [0.717, 1.165) is 5.69 Å². The van der Waals surface area contributed by atoms with Gasteiger partial charge in [-0.3, -0.25) is 0 Å². The van der Waals surface area contributed by atoms with E-state index in [1.54, 1.807) is 50.9 Å². The molecule has 34 heavy (non-hydrogen) atoms. The predicted molar refractivity (Wildman–Crippen MR) is 129 cm³/mol. The Hall–Kier alpha value is -3.78. The molecule has 1 atom stereocenters. The normalized spacial score (nSPS) is 15.7. The zero-order valence-electron chi connectivity index (χ0n) is 19.3. The van der Waals surface area contributed by atoms with Gasteiger partial charge in [0.1, 0.15) is 5.75 Å². The van der Waals surface area contributed by atoms with Crippen LogP contribution in [0, 0.1) is 0 Å². The first-order valence-corrected chi connectivity index (χ1v) is 11.1. The molecule has 1 aliphatic rings. The number of methoxy groups -OCH3 is 1. The minimum Gasteiger partial charge on any atom is -0.495 e. The third-order valence-electron chi connectivity index (χ3n) is 5.33. The first-order chi connectivity index (χ1) is 16.3. The van der Waals surface area contributed by atoms with Gasteiger partial charge < -0.3 is 20.1 Å². The summed E-state index contributed by atoms with van der Waals surface area (Å²) in [6, 6.07) is 13.7. The van der Waals surface area contributed by atoms with Crippen molar-refractivity contribution in [2.75, 3.05) is 7.11 Å². The molecule has 0 bridgehead atoms. The number of esters is 1. The third kappa shape index (κ3) is 4.63. The van der Waals surface area contributed by atoms with Crippen LogP contribution in [0.5, 0.6) is 5.75 Å². The number of carbonyl (C=O) groups is 2. The Balaban J connectivity index is 1.90. The van der Waals surface area contributed by atoms with Gasteiger partial charge >= 0.3 is 12.0 Å². The maximum Gasteiger partial charge on any atom is 0.338 e. The number of nitrogens with one attached hydrogen (secondary N) is 2. The predicted octanol–water partition coefficient (Wildman–Crippen LogP) is 4.78. The number of hydrogen-bond acceptors (Lipinski definition) is 5. The average molecular weight is 481 g/mol. The van der Waals surface area contributed by atoms with E-state index in [4.69, 9.17) is 26.2 Å². The first kappa shape index (κ1) is 23.4. The standard InChI is InChI=1S/C25H25ClN4O4/c1-14(2)34-24(31)21-15(3)27-25(32)28-23(21)18-13-30(17-8-6-5-7-9-17)29-22(18)16-10-11-20(33-4)19(26)12-16/h5-14,23H,1-4H3,(H2,27,28,32)/t23-/m0/s1. The van der Waals surface area contributed by atoms with Gasteiger partial charge in [-0.1, -0.05) is 29.8 Å². The monoisotopic (exact) mass is 480 g/mol. The number of carbonyl (C=O) groups excluding carboxylic acids is 2. The van der Waals surface area contributed by atoms with E-state index in [-0.39, 0.29) is 6.10 Å². The molecular weight excluding hydrogens is 456 g/mol. The highest BCUT2D eigenvalue weighted by Gasteiger charge is 2.35. The van der Waals surface area contributed by atoms with Crippen molar-refractivity contribution in [1.82, 2.24) is 20.4 Å². The molecule has 4 rings (SSSR count). The molecule has 9 heteroatoms. The summed E-state index contributed by atoms with van der Waals surface area (Å²) in [5, 5.41) is 10.7. The van der Waals surface area contributed by atoms with Crippen LogP contribution >= 0.6 is 11.6 Å². The maximum absolute atomic E-state index is 13.0. The summed E-state index contributed by atoms with van der Waals surface area (Å²) in [7, 11) is 1.54. The Bertz CT molecular complexity index is 1270. The SMILES string of the molecule is COc1ccc(-c2nn(-c3ccccc3)cc2[C@@H]2NC(=O)NC(C)=C2C(=O)OC(C)C)cc1Cl. The molecule has 2 aromatic carbocycles. The Kier molecular flexibility index (Phi) is 6.61. The van der Waals surface area contributed by atoms with Crippen molar-refractivity contribution < 1.29 is 19.1 Å². The lowest BCUT2D eigenvalue weighted by atomic mass is 9.93. The highest BCUT2D eigenvalue weighted by Crippen LogP contribution is 2.37. The number of para-hydroxylation sites is 1. The van der Waals surface area contributed by atoms with Crippen LogP contribution in [0.15, 0.2) is 66.0 Å². The summed E-state index contributed by atoms with van der Waals surface area (Å²) in [4.78, 5) is 25.5. The molecule has 0 spiro atoms. The lowest BCUT2D eigenvalue weighted by molar-refractivity contribution is -0.143. The Morgan fingerprint density at radius 3 is 2.56 bits per heavy atom. The summed E-state index contributed by atoms with van der Waals surface area (Å²) in [5.41, 5.74) is 3.44. The Morgan fingerprint density at radius 2 is 1.91 bits per heavy atom. The molecule has 2 amide bonds. The van der Waals surface area contributed by atoms with Crippen LogP contribution in [0.3, 0.4) is 0 Å². The highest BCUT2D eigenvalue weighted by atomic mass is 35.5. The van der Waals surface area contributed by atoms with Crippen molar-refractivity contribution in [3.05, 3.63) is 76.6 Å². The van der Waals surface area contributed by atoms with Crippen LogP contribution in [0.25, 0.3) is 16.9 Å². The molecule has 0 saturated carbocycles. The quantitative estimate of drug-likeness (QED) is 0.495. The average Bonchev–Trinajstić information content (AvgIpc) is 3.24. The molecule has 176 valence electrons. The summed E-state index contributed by atoms with van der Waals surface area (Å²) < 4.78 is 12.5. The summed E-state index contributed by atoms with van der Waals surface area (Å²) in [6.07, 6.45) is 1.48. The van der Waals surface area contributed by atoms with Crippen molar-refractivity contribution in [1.29, 1.82) is 0 Å². The van der Waals surface area contributed by atoms with Crippen LogP contribution < -0.4 is 15.4 Å². The molecule has 0 aliphatic carbocycles. The molecule has 0 radical (unpaired) electrons. The molecule has 2 heterocycles. The minimum absolute atomic E-state index is 0.307. The lowest BCUT2D eigenvalue weighted by Crippen LogP contribution is -2.45. The largest absolute Gasteiger partial charge is 0.495 e. The molecule has 1 aromatic heterocycles. The van der Waals surface area contributed by atoms with E-state index < -0.39 is 18.0 Å². The topological polar surface area (TPSA) is 94.5 Å². The number of aromatic nitrogens is 2. The number of amides is 2. The zero-order chi connectivity index (χ0) is 24.4. The van der Waals surface area contributed by atoms with Crippen LogP contribution in [-0.4, -0.2) is 35.0 Å². The Morgan fingerprint density at radius 1 is 1.18 bits per heavy atom. The molecule has 0 saturated heterocycles. The molecule has 8 nitrogen and oxygen atoms in total. The van der Waals surface area contributed by atoms with Crippen LogP contribution in [0.2, 0.25) is 5.02 Å². The van der Waals surface area contributed by atoms with E-state index >= 15 is 0 Å². The highest BCUT2D eigenvalue weighted by molar-refractivity contribution is 6.32. The van der Waals surface area contributed by atoms with E-state index in [9.17, 15) is 9.59 Å². The van der Waals surface area contributed by atoms with Gasteiger partial charge in [0.25, 0.3) is 0 Å². The summed E-state index contributed by atoms with van der Waals surface area (Å²) in [6.45, 7) is 5.22. The van der Waals surface area contributed by atoms with Gasteiger partial charge in [-0.2, -0.15) is 5.10 Å². The van der Waals surface area contributed by atoms with Gasteiger partial charge in [0.05, 0.1) is 41.2 Å². The fraction of sp³-hybridized carbons (Fsp3) is 0.240. The van der Waals surface area contributed by atoms with Crippen LogP contribution in [0.4, 0.5) is 4.79 Å². The molecule has 3 aromatic rings. The summed E-state index contributed by atoms with van der Waals surface area (Å²) in [5.74, 6) is 0.0118. The number of nitrogens with zero attached hydrogens (tertiary/aromatic N) is 2. The number of rotatable bonds is 6. The van der Waals surface area contributed by atoms with Gasteiger partial charge in [-0.15, -0.1) is 0 Å². The van der Waals surface area contributed by atoms with Gasteiger partial charge in [-0.05, 0) is 51.1 Å². The fourth-order valence-corrected chi connectivity index (χ4v) is 4.08. The van der Waals surface area contributed by atoms with Gasteiger partial charge in [0.2, 0.25) is 0 Å². The number of halogens is 1. The molecule has 0 fully saturated rings. The molecule has 2 N–H and O–H groups in total. The number of allylic oxidation sites excluding steroid dienone is 1. The van der Waals surface area contributed by atoms with E-state index in [0.29, 0.717) is 38.9 Å².